The minimum Gasteiger partial charge on any atom is -0.455 e. The molecule has 1 aromatic carbocycles. The Morgan fingerprint density at radius 3 is 2.65 bits per heavy atom. The monoisotopic (exact) mass is 436 g/mol. The summed E-state index contributed by atoms with van der Waals surface area (Å²) < 4.78 is 5.88. The highest BCUT2D eigenvalue weighted by atomic mass is 35.5. The summed E-state index contributed by atoms with van der Waals surface area (Å²) in [6, 6.07) is 10.6. The zero-order chi connectivity index (χ0) is 22.0. The molecule has 2 heterocycles. The molecular formula is C23H21ClN4O3. The van der Waals surface area contributed by atoms with Crippen LogP contribution in [0, 0.1) is 13.8 Å². The molecule has 0 spiro atoms. The van der Waals surface area contributed by atoms with Crippen molar-refractivity contribution in [3.05, 3.63) is 81.4 Å². The fourth-order valence-electron chi connectivity index (χ4n) is 3.63. The maximum Gasteiger partial charge on any atom is 0.292 e. The van der Waals surface area contributed by atoms with Crippen LogP contribution in [0.25, 0.3) is 0 Å². The molecule has 0 unspecified atom stereocenters. The van der Waals surface area contributed by atoms with Gasteiger partial charge in [-0.1, -0.05) is 29.8 Å². The van der Waals surface area contributed by atoms with Gasteiger partial charge in [0.05, 0.1) is 10.7 Å². The van der Waals surface area contributed by atoms with Crippen LogP contribution >= 0.6 is 11.6 Å². The average molecular weight is 437 g/mol. The lowest BCUT2D eigenvalue weighted by Gasteiger charge is -2.13. The number of anilines is 1. The number of fused-ring (bicyclic) bond motifs is 1. The van der Waals surface area contributed by atoms with Crippen molar-refractivity contribution in [2.24, 2.45) is 5.10 Å². The van der Waals surface area contributed by atoms with Crippen LogP contribution in [0.5, 0.6) is 0 Å². The molecule has 2 N–H and O–H groups in total. The van der Waals surface area contributed by atoms with Crippen molar-refractivity contribution in [3.8, 4) is 0 Å². The summed E-state index contributed by atoms with van der Waals surface area (Å²) in [5, 5.41) is 7.57. The third-order valence-corrected chi connectivity index (χ3v) is 5.41. The summed E-state index contributed by atoms with van der Waals surface area (Å²) >= 11 is 5.84. The van der Waals surface area contributed by atoms with Gasteiger partial charge in [-0.2, -0.15) is 5.10 Å². The molecule has 1 aliphatic carbocycles. The number of halogens is 1. The van der Waals surface area contributed by atoms with Crippen LogP contribution in [0.4, 0.5) is 5.82 Å². The first-order valence-electron chi connectivity index (χ1n) is 9.92. The topological polar surface area (TPSA) is 96.6 Å². The van der Waals surface area contributed by atoms with Crippen molar-refractivity contribution in [1.82, 2.24) is 10.4 Å². The maximum absolute atomic E-state index is 12.7. The van der Waals surface area contributed by atoms with Crippen molar-refractivity contribution in [1.29, 1.82) is 0 Å². The Labute approximate surface area is 184 Å². The highest BCUT2D eigenvalue weighted by molar-refractivity contribution is 6.30. The van der Waals surface area contributed by atoms with E-state index in [1.54, 1.807) is 18.2 Å². The Bertz CT molecular complexity index is 1180. The van der Waals surface area contributed by atoms with Crippen molar-refractivity contribution in [2.45, 2.75) is 33.1 Å². The highest BCUT2D eigenvalue weighted by Crippen LogP contribution is 2.30. The maximum atomic E-state index is 12.7. The number of aryl methyl sites for hydroxylation is 2. The van der Waals surface area contributed by atoms with Crippen molar-refractivity contribution < 1.29 is 14.0 Å². The number of aromatic nitrogens is 1. The summed E-state index contributed by atoms with van der Waals surface area (Å²) in [5.41, 5.74) is 6.26. The van der Waals surface area contributed by atoms with Gasteiger partial charge < -0.3 is 9.73 Å². The SMILES string of the molecule is Cc1ccccc1C(=O)N/N=C1\CCCc2oc(C(=O)Nc3ccc(Cl)cn3)c(C)c21. The number of hydrogen-bond acceptors (Lipinski definition) is 5. The fourth-order valence-corrected chi connectivity index (χ4v) is 3.74. The van der Waals surface area contributed by atoms with Gasteiger partial charge in [0.15, 0.2) is 5.76 Å². The Balaban J connectivity index is 1.57. The molecule has 0 radical (unpaired) electrons. The van der Waals surface area contributed by atoms with Crippen LogP contribution in [0.1, 0.15) is 56.2 Å². The summed E-state index contributed by atoms with van der Waals surface area (Å²) in [5.74, 6) is 0.613. The molecule has 4 rings (SSSR count). The van der Waals surface area contributed by atoms with E-state index in [1.165, 1.54) is 6.20 Å². The number of carbonyl (C=O) groups is 2. The summed E-state index contributed by atoms with van der Waals surface area (Å²) in [6.07, 6.45) is 3.66. The largest absolute Gasteiger partial charge is 0.455 e. The van der Waals surface area contributed by atoms with Crippen LogP contribution in [-0.2, 0) is 6.42 Å². The van der Waals surface area contributed by atoms with Crippen LogP contribution < -0.4 is 10.7 Å². The predicted octanol–water partition coefficient (Wildman–Crippen LogP) is 4.67. The van der Waals surface area contributed by atoms with Gasteiger partial charge in [-0.15, -0.1) is 0 Å². The van der Waals surface area contributed by atoms with Crippen molar-refractivity contribution in [2.75, 3.05) is 5.32 Å². The first-order chi connectivity index (χ1) is 14.9. The number of hydrazone groups is 1. The third-order valence-electron chi connectivity index (χ3n) is 5.18. The Kier molecular flexibility index (Phi) is 5.86. The second-order valence-electron chi connectivity index (χ2n) is 7.34. The van der Waals surface area contributed by atoms with Gasteiger partial charge in [0.1, 0.15) is 11.6 Å². The molecule has 1 aliphatic rings. The number of benzene rings is 1. The van der Waals surface area contributed by atoms with Gasteiger partial charge >= 0.3 is 0 Å². The molecule has 2 aromatic heterocycles. The standard InChI is InChI=1S/C23H21ClN4O3/c1-13-6-3-4-7-16(13)22(29)28-27-17-8-5-9-18-20(17)14(2)21(31-18)23(30)26-19-11-10-15(24)12-25-19/h3-4,6-7,10-12H,5,8-9H2,1-2H3,(H,28,29)(H,25,26,30)/b27-17+. The van der Waals surface area contributed by atoms with Crippen LogP contribution in [-0.4, -0.2) is 22.5 Å². The number of hydrogen-bond donors (Lipinski definition) is 2. The second kappa shape index (κ2) is 8.73. The van der Waals surface area contributed by atoms with Crippen molar-refractivity contribution >= 4 is 34.9 Å². The molecule has 8 heteroatoms. The van der Waals surface area contributed by atoms with Gasteiger partial charge in [-0.25, -0.2) is 10.4 Å². The minimum atomic E-state index is -0.398. The van der Waals surface area contributed by atoms with E-state index in [0.29, 0.717) is 46.3 Å². The van der Waals surface area contributed by atoms with E-state index in [1.807, 2.05) is 32.0 Å². The molecule has 31 heavy (non-hydrogen) atoms. The minimum absolute atomic E-state index is 0.210. The molecule has 3 aromatic rings. The number of rotatable bonds is 4. The van der Waals surface area contributed by atoms with E-state index in [4.69, 9.17) is 16.0 Å². The first-order valence-corrected chi connectivity index (χ1v) is 10.3. The predicted molar refractivity (Wildman–Crippen MR) is 119 cm³/mol. The van der Waals surface area contributed by atoms with Crippen LogP contribution in [0.15, 0.2) is 52.1 Å². The first kappa shape index (κ1) is 20.8. The van der Waals surface area contributed by atoms with Gasteiger partial charge in [-0.3, -0.25) is 9.59 Å². The van der Waals surface area contributed by atoms with Crippen LogP contribution in [0.3, 0.4) is 0 Å². The van der Waals surface area contributed by atoms with Gasteiger partial charge in [0.2, 0.25) is 0 Å². The number of nitrogens with one attached hydrogen (secondary N) is 2. The number of amides is 2. The molecular weight excluding hydrogens is 416 g/mol. The smallest absolute Gasteiger partial charge is 0.292 e. The highest BCUT2D eigenvalue weighted by Gasteiger charge is 2.28. The van der Waals surface area contributed by atoms with E-state index < -0.39 is 5.91 Å². The molecule has 7 nitrogen and oxygen atoms in total. The number of pyridine rings is 1. The van der Waals surface area contributed by atoms with E-state index >= 15 is 0 Å². The summed E-state index contributed by atoms with van der Waals surface area (Å²) in [6.45, 7) is 3.69. The Hall–Kier alpha value is -3.45. The van der Waals surface area contributed by atoms with Gasteiger partial charge in [-0.05, 0) is 50.5 Å². The zero-order valence-electron chi connectivity index (χ0n) is 17.2. The molecule has 0 atom stereocenters. The average Bonchev–Trinajstić information content (AvgIpc) is 3.11. The summed E-state index contributed by atoms with van der Waals surface area (Å²) in [4.78, 5) is 29.3. The molecule has 0 aliphatic heterocycles. The van der Waals surface area contributed by atoms with Gasteiger partial charge in [0, 0.05) is 29.3 Å². The molecule has 0 saturated carbocycles. The summed E-state index contributed by atoms with van der Waals surface area (Å²) in [7, 11) is 0. The van der Waals surface area contributed by atoms with Gasteiger partial charge in [0.25, 0.3) is 11.8 Å². The number of nitrogens with zero attached hydrogens (tertiary/aromatic N) is 2. The Morgan fingerprint density at radius 2 is 1.90 bits per heavy atom. The lowest BCUT2D eigenvalue weighted by molar-refractivity contribution is 0.0952. The Morgan fingerprint density at radius 1 is 1.10 bits per heavy atom. The molecule has 2 amide bonds. The van der Waals surface area contributed by atoms with E-state index in [9.17, 15) is 9.59 Å². The van der Waals surface area contributed by atoms with E-state index in [-0.39, 0.29) is 11.7 Å². The zero-order valence-corrected chi connectivity index (χ0v) is 17.9. The van der Waals surface area contributed by atoms with Crippen molar-refractivity contribution in [3.63, 3.8) is 0 Å². The normalized spacial score (nSPS) is 14.2. The third kappa shape index (κ3) is 4.36. The number of furan rings is 1. The lowest BCUT2D eigenvalue weighted by atomic mass is 9.93. The van der Waals surface area contributed by atoms with E-state index in [0.717, 1.165) is 17.5 Å². The quantitative estimate of drug-likeness (QED) is 0.581. The number of carbonyl (C=O) groups excluding carboxylic acids is 2. The molecule has 0 bridgehead atoms. The molecule has 0 saturated heterocycles. The second-order valence-corrected chi connectivity index (χ2v) is 7.77. The molecule has 0 fully saturated rings. The van der Waals surface area contributed by atoms with Crippen LogP contribution in [0.2, 0.25) is 5.02 Å². The lowest BCUT2D eigenvalue weighted by Crippen LogP contribution is -2.22. The molecule has 158 valence electrons. The fraction of sp³-hybridized carbons (Fsp3) is 0.217. The van der Waals surface area contributed by atoms with E-state index in [2.05, 4.69) is 20.8 Å².